The van der Waals surface area contributed by atoms with Gasteiger partial charge in [-0.2, -0.15) is 5.10 Å². The molecule has 0 aromatic heterocycles. The summed E-state index contributed by atoms with van der Waals surface area (Å²) in [4.78, 5) is 14.6. The van der Waals surface area contributed by atoms with Crippen molar-refractivity contribution < 1.29 is 9.53 Å². The molecule has 2 aromatic rings. The van der Waals surface area contributed by atoms with Gasteiger partial charge in [-0.3, -0.25) is 4.79 Å². The largest absolute Gasteiger partial charge is 0.484 e. The van der Waals surface area contributed by atoms with E-state index >= 15 is 0 Å². The lowest BCUT2D eigenvalue weighted by Crippen LogP contribution is -2.51. The molecular weight excluding hydrogens is 410 g/mol. The fourth-order valence-corrected chi connectivity index (χ4v) is 4.74. The number of hydrogen-bond donors (Lipinski definition) is 1. The average Bonchev–Trinajstić information content (AvgIpc) is 2.67. The lowest BCUT2D eigenvalue weighted by molar-refractivity contribution is -0.123. The standard InChI is InChI=1S/C25H32ClN3O2/c1-16(2)29-23-11-17(3)19(12-22(23)18(4)13-25(29,5)6)14-27-28-24(30)15-31-21-9-7-20(26)8-10-21/h7-12,14,16,18H,13,15H2,1-6H3,(H,28,30)/b27-14-/t18-/m0/s1. The first kappa shape index (κ1) is 23.1. The maximum absolute atomic E-state index is 12.1. The Balaban J connectivity index is 1.69. The van der Waals surface area contributed by atoms with E-state index in [2.05, 4.69) is 69.1 Å². The minimum absolute atomic E-state index is 0.112. The van der Waals surface area contributed by atoms with Gasteiger partial charge in [0, 0.05) is 22.3 Å². The molecule has 31 heavy (non-hydrogen) atoms. The first-order valence-electron chi connectivity index (χ1n) is 10.7. The van der Waals surface area contributed by atoms with Crippen molar-refractivity contribution >= 4 is 29.4 Å². The monoisotopic (exact) mass is 441 g/mol. The van der Waals surface area contributed by atoms with Gasteiger partial charge in [0.25, 0.3) is 5.91 Å². The molecule has 1 aliphatic heterocycles. The minimum Gasteiger partial charge on any atom is -0.484 e. The van der Waals surface area contributed by atoms with Gasteiger partial charge in [-0.1, -0.05) is 18.5 Å². The Labute approximate surface area is 190 Å². The summed E-state index contributed by atoms with van der Waals surface area (Å²) in [7, 11) is 0. The second-order valence-corrected chi connectivity index (χ2v) is 9.62. The molecule has 1 N–H and O–H groups in total. The van der Waals surface area contributed by atoms with Crippen LogP contribution in [0.25, 0.3) is 0 Å². The number of rotatable bonds is 6. The summed E-state index contributed by atoms with van der Waals surface area (Å²) in [5.74, 6) is 0.721. The summed E-state index contributed by atoms with van der Waals surface area (Å²) >= 11 is 5.85. The molecule has 6 heteroatoms. The zero-order valence-electron chi connectivity index (χ0n) is 19.2. The zero-order valence-corrected chi connectivity index (χ0v) is 20.0. The molecule has 2 aromatic carbocycles. The van der Waals surface area contributed by atoms with Crippen molar-refractivity contribution in [1.82, 2.24) is 5.43 Å². The number of ether oxygens (including phenoxy) is 1. The number of anilines is 1. The predicted molar refractivity (Wildman–Crippen MR) is 129 cm³/mol. The Morgan fingerprint density at radius 3 is 2.65 bits per heavy atom. The van der Waals surface area contributed by atoms with Crippen LogP contribution in [0, 0.1) is 6.92 Å². The molecule has 3 rings (SSSR count). The minimum atomic E-state index is -0.317. The number of aryl methyl sites for hydroxylation is 1. The van der Waals surface area contributed by atoms with Crippen LogP contribution in [0.5, 0.6) is 5.75 Å². The highest BCUT2D eigenvalue weighted by Gasteiger charge is 2.37. The number of amides is 1. The molecule has 0 unspecified atom stereocenters. The van der Waals surface area contributed by atoms with Crippen LogP contribution in [0.2, 0.25) is 5.02 Å². The van der Waals surface area contributed by atoms with Gasteiger partial charge in [-0.15, -0.1) is 0 Å². The molecule has 0 saturated heterocycles. The van der Waals surface area contributed by atoms with E-state index in [-0.39, 0.29) is 18.1 Å². The molecular formula is C25H32ClN3O2. The summed E-state index contributed by atoms with van der Waals surface area (Å²) in [6, 6.07) is 11.7. The number of nitrogens with zero attached hydrogens (tertiary/aromatic N) is 2. The first-order chi connectivity index (χ1) is 14.6. The Hall–Kier alpha value is -2.53. The van der Waals surface area contributed by atoms with E-state index in [0.29, 0.717) is 22.7 Å². The highest BCUT2D eigenvalue weighted by atomic mass is 35.5. The van der Waals surface area contributed by atoms with Crippen molar-refractivity contribution in [2.45, 2.75) is 65.5 Å². The summed E-state index contributed by atoms with van der Waals surface area (Å²) in [6.45, 7) is 13.4. The zero-order chi connectivity index (χ0) is 22.8. The SMILES string of the molecule is Cc1cc2c(cc1/C=N\NC(=O)COc1ccc(Cl)cc1)[C@@H](C)CC(C)(C)N2C(C)C. The van der Waals surface area contributed by atoms with Gasteiger partial charge >= 0.3 is 0 Å². The van der Waals surface area contributed by atoms with Crippen molar-refractivity contribution in [2.75, 3.05) is 11.5 Å². The summed E-state index contributed by atoms with van der Waals surface area (Å²) in [5, 5.41) is 4.77. The number of hydrogen-bond acceptors (Lipinski definition) is 4. The third-order valence-electron chi connectivity index (χ3n) is 5.76. The number of carbonyl (C=O) groups is 1. The second kappa shape index (κ2) is 9.31. The lowest BCUT2D eigenvalue weighted by atomic mass is 9.78. The number of carbonyl (C=O) groups excluding carboxylic acids is 1. The molecule has 0 aliphatic carbocycles. The quantitative estimate of drug-likeness (QED) is 0.463. The van der Waals surface area contributed by atoms with Crippen molar-refractivity contribution in [3.05, 3.63) is 58.1 Å². The van der Waals surface area contributed by atoms with Gasteiger partial charge < -0.3 is 9.64 Å². The molecule has 1 aliphatic rings. The highest BCUT2D eigenvalue weighted by molar-refractivity contribution is 6.30. The van der Waals surface area contributed by atoms with Gasteiger partial charge in [0.1, 0.15) is 5.75 Å². The predicted octanol–water partition coefficient (Wildman–Crippen LogP) is 5.68. The number of nitrogens with one attached hydrogen (secondary N) is 1. The third-order valence-corrected chi connectivity index (χ3v) is 6.01. The fraction of sp³-hybridized carbons (Fsp3) is 0.440. The molecule has 1 atom stereocenters. The van der Waals surface area contributed by atoms with Gasteiger partial charge in [0.15, 0.2) is 6.61 Å². The Morgan fingerprint density at radius 1 is 1.32 bits per heavy atom. The van der Waals surface area contributed by atoms with Crippen molar-refractivity contribution in [3.63, 3.8) is 0 Å². The highest BCUT2D eigenvalue weighted by Crippen LogP contribution is 2.45. The number of hydrazone groups is 1. The van der Waals surface area contributed by atoms with Crippen molar-refractivity contribution in [1.29, 1.82) is 0 Å². The molecule has 0 spiro atoms. The van der Waals surface area contributed by atoms with E-state index in [1.54, 1.807) is 30.5 Å². The van der Waals surface area contributed by atoms with Crippen LogP contribution < -0.4 is 15.1 Å². The van der Waals surface area contributed by atoms with Crippen LogP contribution in [0.15, 0.2) is 41.5 Å². The van der Waals surface area contributed by atoms with Gasteiger partial charge in [0.2, 0.25) is 0 Å². The number of halogens is 1. The van der Waals surface area contributed by atoms with E-state index in [0.717, 1.165) is 17.5 Å². The molecule has 1 amide bonds. The summed E-state index contributed by atoms with van der Waals surface area (Å²) < 4.78 is 5.44. The van der Waals surface area contributed by atoms with Crippen LogP contribution in [-0.4, -0.2) is 30.3 Å². The Kier molecular flexibility index (Phi) is 6.95. The van der Waals surface area contributed by atoms with Gasteiger partial charge in [0.05, 0.1) is 6.21 Å². The van der Waals surface area contributed by atoms with Gasteiger partial charge in [-0.25, -0.2) is 5.43 Å². The first-order valence-corrected chi connectivity index (χ1v) is 11.1. The maximum atomic E-state index is 12.1. The molecule has 166 valence electrons. The number of fused-ring (bicyclic) bond motifs is 1. The van der Waals surface area contributed by atoms with Crippen molar-refractivity contribution in [2.24, 2.45) is 5.10 Å². The third kappa shape index (κ3) is 5.40. The Morgan fingerprint density at radius 2 is 2.00 bits per heavy atom. The Bertz CT molecular complexity index is 967. The molecule has 0 saturated carbocycles. The number of benzene rings is 2. The van der Waals surface area contributed by atoms with Crippen LogP contribution in [0.3, 0.4) is 0 Å². The van der Waals surface area contributed by atoms with Crippen LogP contribution in [0.1, 0.15) is 63.6 Å². The van der Waals surface area contributed by atoms with Crippen LogP contribution in [-0.2, 0) is 4.79 Å². The maximum Gasteiger partial charge on any atom is 0.277 e. The van der Waals surface area contributed by atoms with Crippen LogP contribution in [0.4, 0.5) is 5.69 Å². The van der Waals surface area contributed by atoms with Gasteiger partial charge in [-0.05, 0) is 100 Å². The molecule has 0 radical (unpaired) electrons. The molecule has 0 fully saturated rings. The van der Waals surface area contributed by atoms with E-state index in [1.807, 2.05) is 0 Å². The normalized spacial score (nSPS) is 17.7. The average molecular weight is 442 g/mol. The summed E-state index contributed by atoms with van der Waals surface area (Å²) in [5.41, 5.74) is 7.42. The molecule has 0 bridgehead atoms. The topological polar surface area (TPSA) is 53.9 Å². The molecule has 5 nitrogen and oxygen atoms in total. The van der Waals surface area contributed by atoms with E-state index in [4.69, 9.17) is 16.3 Å². The van der Waals surface area contributed by atoms with E-state index in [9.17, 15) is 4.79 Å². The smallest absolute Gasteiger partial charge is 0.277 e. The van der Waals surface area contributed by atoms with Crippen LogP contribution >= 0.6 is 11.6 Å². The van der Waals surface area contributed by atoms with Crippen molar-refractivity contribution in [3.8, 4) is 5.75 Å². The molecule has 1 heterocycles. The van der Waals surface area contributed by atoms with E-state index < -0.39 is 0 Å². The fourth-order valence-electron chi connectivity index (χ4n) is 4.62. The lowest BCUT2D eigenvalue weighted by Gasteiger charge is -2.50. The second-order valence-electron chi connectivity index (χ2n) is 9.18. The summed E-state index contributed by atoms with van der Waals surface area (Å²) in [6.07, 6.45) is 2.80. The van der Waals surface area contributed by atoms with E-state index in [1.165, 1.54) is 11.3 Å².